The first-order valence-electron chi connectivity index (χ1n) is 8.00. The van der Waals surface area contributed by atoms with Crippen LogP contribution in [0.5, 0.6) is 0 Å². The number of aryl methyl sites for hydroxylation is 1. The summed E-state index contributed by atoms with van der Waals surface area (Å²) >= 11 is 3.50. The van der Waals surface area contributed by atoms with Crippen LogP contribution in [0.1, 0.15) is 25.8 Å². The van der Waals surface area contributed by atoms with Crippen LogP contribution >= 0.6 is 15.9 Å². The van der Waals surface area contributed by atoms with Gasteiger partial charge in [-0.1, -0.05) is 35.8 Å². The van der Waals surface area contributed by atoms with Crippen molar-refractivity contribution in [3.8, 4) is 0 Å². The Morgan fingerprint density at radius 1 is 1.27 bits per heavy atom. The minimum absolute atomic E-state index is 0.000683. The molecule has 0 aliphatic carbocycles. The van der Waals surface area contributed by atoms with Crippen LogP contribution in [0.15, 0.2) is 22.7 Å². The van der Waals surface area contributed by atoms with E-state index in [1.807, 2.05) is 30.0 Å². The minimum Gasteiger partial charge on any atom is -0.322 e. The van der Waals surface area contributed by atoms with Crippen LogP contribution in [-0.4, -0.2) is 48.6 Å². The van der Waals surface area contributed by atoms with E-state index in [9.17, 15) is 4.79 Å². The summed E-state index contributed by atoms with van der Waals surface area (Å²) in [6.07, 6.45) is 1.23. The van der Waals surface area contributed by atoms with Crippen molar-refractivity contribution in [3.05, 3.63) is 28.2 Å². The van der Waals surface area contributed by atoms with E-state index in [1.54, 1.807) is 0 Å². The van der Waals surface area contributed by atoms with Gasteiger partial charge in [-0.25, -0.2) is 4.79 Å². The molecule has 2 amide bonds. The number of nitrogens with one attached hydrogen (secondary N) is 1. The first kappa shape index (κ1) is 17.3. The maximum Gasteiger partial charge on any atom is 0.321 e. The van der Waals surface area contributed by atoms with Crippen LogP contribution in [0.25, 0.3) is 0 Å². The quantitative estimate of drug-likeness (QED) is 0.874. The summed E-state index contributed by atoms with van der Waals surface area (Å²) in [5, 5.41) is 2.98. The number of carbonyl (C=O) groups is 1. The Balaban J connectivity index is 1.81. The molecule has 22 heavy (non-hydrogen) atoms. The van der Waals surface area contributed by atoms with Crippen molar-refractivity contribution in [1.29, 1.82) is 0 Å². The molecule has 0 saturated carbocycles. The molecule has 0 bridgehead atoms. The minimum atomic E-state index is -0.000683. The molecule has 1 fully saturated rings. The van der Waals surface area contributed by atoms with Crippen LogP contribution in [0.3, 0.4) is 0 Å². The fourth-order valence-corrected chi connectivity index (χ4v) is 2.87. The lowest BCUT2D eigenvalue weighted by Crippen LogP contribution is -2.50. The zero-order valence-electron chi connectivity index (χ0n) is 13.7. The molecule has 1 saturated heterocycles. The molecule has 0 radical (unpaired) electrons. The van der Waals surface area contributed by atoms with Gasteiger partial charge >= 0.3 is 6.03 Å². The van der Waals surface area contributed by atoms with Gasteiger partial charge in [-0.2, -0.15) is 0 Å². The zero-order chi connectivity index (χ0) is 16.1. The average Bonchev–Trinajstić information content (AvgIpc) is 2.49. The maximum absolute atomic E-state index is 12.3. The van der Waals surface area contributed by atoms with Crippen molar-refractivity contribution < 1.29 is 4.79 Å². The van der Waals surface area contributed by atoms with Crippen molar-refractivity contribution in [2.24, 2.45) is 5.92 Å². The molecule has 0 aromatic heterocycles. The van der Waals surface area contributed by atoms with Gasteiger partial charge in [0.2, 0.25) is 0 Å². The summed E-state index contributed by atoms with van der Waals surface area (Å²) in [5.74, 6) is 0.737. The van der Waals surface area contributed by atoms with E-state index >= 15 is 0 Å². The predicted octanol–water partition coefficient (Wildman–Crippen LogP) is 3.95. The summed E-state index contributed by atoms with van der Waals surface area (Å²) in [6.45, 7) is 11.2. The van der Waals surface area contributed by atoms with E-state index in [0.717, 1.165) is 54.4 Å². The van der Waals surface area contributed by atoms with Crippen molar-refractivity contribution in [2.45, 2.75) is 27.2 Å². The number of halogens is 1. The lowest BCUT2D eigenvalue weighted by atomic mass is 10.1. The van der Waals surface area contributed by atoms with Gasteiger partial charge in [-0.05, 0) is 43.5 Å². The third-order valence-corrected chi connectivity index (χ3v) is 4.96. The number of rotatable bonds is 4. The smallest absolute Gasteiger partial charge is 0.321 e. The highest BCUT2D eigenvalue weighted by Crippen LogP contribution is 2.21. The molecule has 122 valence electrons. The second-order valence-corrected chi connectivity index (χ2v) is 7.26. The molecule has 5 heteroatoms. The second-order valence-electron chi connectivity index (χ2n) is 6.41. The molecular weight excluding hydrogens is 342 g/mol. The molecule has 1 aliphatic heterocycles. The third-order valence-electron chi connectivity index (χ3n) is 4.11. The zero-order valence-corrected chi connectivity index (χ0v) is 15.3. The molecular formula is C17H26BrN3O. The molecule has 4 nitrogen and oxygen atoms in total. The van der Waals surface area contributed by atoms with Crippen LogP contribution in [0.4, 0.5) is 10.5 Å². The highest BCUT2D eigenvalue weighted by molar-refractivity contribution is 9.10. The van der Waals surface area contributed by atoms with Gasteiger partial charge in [-0.3, -0.25) is 4.90 Å². The Morgan fingerprint density at radius 3 is 2.55 bits per heavy atom. The van der Waals surface area contributed by atoms with Gasteiger partial charge in [0, 0.05) is 36.3 Å². The monoisotopic (exact) mass is 367 g/mol. The SMILES string of the molecule is Cc1ccc(NC(=O)N2CCN(CCC(C)C)CC2)cc1Br. The molecule has 0 atom stereocenters. The molecule has 1 heterocycles. The lowest BCUT2D eigenvalue weighted by Gasteiger charge is -2.35. The first-order chi connectivity index (χ1) is 10.5. The van der Waals surface area contributed by atoms with Crippen LogP contribution in [-0.2, 0) is 0 Å². The molecule has 0 spiro atoms. The Kier molecular flexibility index (Phi) is 6.26. The topological polar surface area (TPSA) is 35.6 Å². The van der Waals surface area contributed by atoms with E-state index < -0.39 is 0 Å². The van der Waals surface area contributed by atoms with Gasteiger partial charge in [0.15, 0.2) is 0 Å². The number of nitrogens with zero attached hydrogens (tertiary/aromatic N) is 2. The Labute approximate surface area is 142 Å². The van der Waals surface area contributed by atoms with Crippen LogP contribution < -0.4 is 5.32 Å². The predicted molar refractivity (Wildman–Crippen MR) is 95.4 cm³/mol. The van der Waals surface area contributed by atoms with E-state index in [-0.39, 0.29) is 6.03 Å². The summed E-state index contributed by atoms with van der Waals surface area (Å²) in [4.78, 5) is 16.7. The molecule has 1 aromatic rings. The summed E-state index contributed by atoms with van der Waals surface area (Å²) in [6, 6.07) is 5.89. The first-order valence-corrected chi connectivity index (χ1v) is 8.79. The van der Waals surface area contributed by atoms with Crippen molar-refractivity contribution in [3.63, 3.8) is 0 Å². The summed E-state index contributed by atoms with van der Waals surface area (Å²) < 4.78 is 1.02. The van der Waals surface area contributed by atoms with Gasteiger partial charge < -0.3 is 10.2 Å². The highest BCUT2D eigenvalue weighted by Gasteiger charge is 2.21. The van der Waals surface area contributed by atoms with Crippen molar-refractivity contribution in [2.75, 3.05) is 38.0 Å². The number of hydrogen-bond donors (Lipinski definition) is 1. The molecule has 1 aromatic carbocycles. The maximum atomic E-state index is 12.3. The van der Waals surface area contributed by atoms with Crippen molar-refractivity contribution >= 4 is 27.6 Å². The van der Waals surface area contributed by atoms with E-state index in [1.165, 1.54) is 6.42 Å². The van der Waals surface area contributed by atoms with Gasteiger partial charge in [0.1, 0.15) is 0 Å². The second kappa shape index (κ2) is 7.97. The van der Waals surface area contributed by atoms with Gasteiger partial charge in [0.05, 0.1) is 0 Å². The van der Waals surface area contributed by atoms with Crippen molar-refractivity contribution in [1.82, 2.24) is 9.80 Å². The molecule has 0 unspecified atom stereocenters. The fourth-order valence-electron chi connectivity index (χ4n) is 2.49. The number of hydrogen-bond acceptors (Lipinski definition) is 2. The van der Waals surface area contributed by atoms with E-state index in [2.05, 4.69) is 40.0 Å². The van der Waals surface area contributed by atoms with Gasteiger partial charge in [-0.15, -0.1) is 0 Å². The normalized spacial score (nSPS) is 16.1. The van der Waals surface area contributed by atoms with Gasteiger partial charge in [0.25, 0.3) is 0 Å². The molecule has 2 rings (SSSR count). The Morgan fingerprint density at radius 2 is 1.95 bits per heavy atom. The van der Waals surface area contributed by atoms with E-state index in [0.29, 0.717) is 0 Å². The number of amides is 2. The highest BCUT2D eigenvalue weighted by atomic mass is 79.9. The number of benzene rings is 1. The summed E-state index contributed by atoms with van der Waals surface area (Å²) in [7, 11) is 0. The molecule has 1 aliphatic rings. The van der Waals surface area contributed by atoms with E-state index in [4.69, 9.17) is 0 Å². The average molecular weight is 368 g/mol. The summed E-state index contributed by atoms with van der Waals surface area (Å²) in [5.41, 5.74) is 2.00. The number of urea groups is 1. The number of anilines is 1. The van der Waals surface area contributed by atoms with Crippen LogP contribution in [0.2, 0.25) is 0 Å². The third kappa shape index (κ3) is 4.99. The standard InChI is InChI=1S/C17H26BrN3O/c1-13(2)6-7-20-8-10-21(11-9-20)17(22)19-15-5-4-14(3)16(18)12-15/h4-5,12-13H,6-11H2,1-3H3,(H,19,22). The fraction of sp³-hybridized carbons (Fsp3) is 0.588. The van der Waals surface area contributed by atoms with Crippen LogP contribution in [0, 0.1) is 12.8 Å². The number of piperazine rings is 1. The largest absolute Gasteiger partial charge is 0.322 e. The molecule has 1 N–H and O–H groups in total. The Bertz CT molecular complexity index is 511. The Hall–Kier alpha value is -1.07. The number of carbonyl (C=O) groups excluding carboxylic acids is 1. The lowest BCUT2D eigenvalue weighted by molar-refractivity contribution is 0.143.